The van der Waals surface area contributed by atoms with Gasteiger partial charge in [0, 0.05) is 30.9 Å². The van der Waals surface area contributed by atoms with Gasteiger partial charge in [-0.2, -0.15) is 0 Å². The highest BCUT2D eigenvalue weighted by Crippen LogP contribution is 2.25. The molecule has 2 N–H and O–H groups in total. The Morgan fingerprint density at radius 2 is 1.79 bits per heavy atom. The Morgan fingerprint density at radius 3 is 2.43 bits per heavy atom. The second kappa shape index (κ2) is 10.9. The monoisotopic (exact) mass is 425 g/mol. The van der Waals surface area contributed by atoms with E-state index < -0.39 is 6.03 Å². The minimum absolute atomic E-state index is 0.0175. The quantitative estimate of drug-likeness (QED) is 0.550. The Bertz CT molecular complexity index is 816. The van der Waals surface area contributed by atoms with Gasteiger partial charge >= 0.3 is 6.03 Å². The number of hydrogen-bond donors (Lipinski definition) is 2. The zero-order valence-electron chi connectivity index (χ0n) is 15.5. The molecule has 0 heterocycles. The third kappa shape index (κ3) is 6.69. The number of nitrogens with one attached hydrogen (secondary N) is 2. The number of carbonyl (C=O) groups is 2. The molecule has 0 atom stereocenters. The van der Waals surface area contributed by atoms with Gasteiger partial charge in [0.2, 0.25) is 5.91 Å². The summed E-state index contributed by atoms with van der Waals surface area (Å²) in [5, 5.41) is 6.28. The van der Waals surface area contributed by atoms with Crippen LogP contribution >= 0.6 is 23.2 Å². The zero-order valence-corrected chi connectivity index (χ0v) is 17.0. The number of nitrogens with zero attached hydrogens (tertiary/aromatic N) is 1. The van der Waals surface area contributed by atoms with Gasteiger partial charge in [-0.05, 0) is 55.3 Å². The Labute approximate surface area is 173 Å². The lowest BCUT2D eigenvalue weighted by molar-refractivity contribution is -0.121. The molecule has 0 bridgehead atoms. The summed E-state index contributed by atoms with van der Waals surface area (Å²) in [5.41, 5.74) is 1.03. The van der Waals surface area contributed by atoms with Gasteiger partial charge in [0.25, 0.3) is 0 Å². The number of rotatable bonds is 8. The first-order chi connectivity index (χ1) is 13.4. The number of carbonyl (C=O) groups excluding carboxylic acids is 2. The van der Waals surface area contributed by atoms with Crippen molar-refractivity contribution in [2.45, 2.75) is 26.2 Å². The molecule has 0 aliphatic rings. The summed E-state index contributed by atoms with van der Waals surface area (Å²) in [6.45, 7) is 2.71. The van der Waals surface area contributed by atoms with Crippen LogP contribution in [0.4, 0.5) is 20.6 Å². The van der Waals surface area contributed by atoms with Crippen molar-refractivity contribution in [1.29, 1.82) is 0 Å². The average Bonchev–Trinajstić information content (AvgIpc) is 2.66. The van der Waals surface area contributed by atoms with Crippen LogP contribution in [0.25, 0.3) is 0 Å². The summed E-state index contributed by atoms with van der Waals surface area (Å²) in [5.74, 6) is -0.406. The van der Waals surface area contributed by atoms with Gasteiger partial charge in [0.1, 0.15) is 5.82 Å². The molecule has 2 rings (SSSR count). The highest BCUT2D eigenvalue weighted by Gasteiger charge is 2.16. The first kappa shape index (κ1) is 22.0. The van der Waals surface area contributed by atoms with Gasteiger partial charge in [-0.15, -0.1) is 0 Å². The predicted molar refractivity (Wildman–Crippen MR) is 112 cm³/mol. The number of amides is 3. The number of halogens is 3. The first-order valence-corrected chi connectivity index (χ1v) is 9.72. The molecule has 0 fully saturated rings. The van der Waals surface area contributed by atoms with Crippen LogP contribution in [0.3, 0.4) is 0 Å². The highest BCUT2D eigenvalue weighted by atomic mass is 35.5. The average molecular weight is 426 g/mol. The fourth-order valence-electron chi connectivity index (χ4n) is 2.51. The highest BCUT2D eigenvalue weighted by molar-refractivity contribution is 6.42. The largest absolute Gasteiger partial charge is 0.356 e. The van der Waals surface area contributed by atoms with Crippen molar-refractivity contribution in [3.8, 4) is 0 Å². The van der Waals surface area contributed by atoms with Crippen LogP contribution < -0.4 is 15.5 Å². The van der Waals surface area contributed by atoms with E-state index in [0.717, 1.165) is 6.42 Å². The van der Waals surface area contributed by atoms with E-state index in [1.807, 2.05) is 6.92 Å². The molecule has 28 heavy (non-hydrogen) atoms. The molecular weight excluding hydrogens is 404 g/mol. The molecule has 0 unspecified atom stereocenters. The molecule has 0 spiro atoms. The lowest BCUT2D eigenvalue weighted by atomic mass is 10.2. The fraction of sp³-hybridized carbons (Fsp3) is 0.300. The molecule has 0 saturated carbocycles. The molecule has 150 valence electrons. The maximum atomic E-state index is 13.3. The predicted octanol–water partition coefficient (Wildman–Crippen LogP) is 5.48. The second-order valence-corrected chi connectivity index (χ2v) is 6.96. The van der Waals surface area contributed by atoms with E-state index in [1.54, 1.807) is 18.2 Å². The Hall–Kier alpha value is -2.31. The molecule has 0 aliphatic heterocycles. The van der Waals surface area contributed by atoms with Crippen LogP contribution in [-0.4, -0.2) is 25.0 Å². The standard InChI is InChI=1S/C20H22Cl2FN3O2/c1-2-4-19(27)24-11-3-12-26(16-8-5-14(23)6-9-16)20(28)25-15-7-10-17(21)18(22)13-15/h5-10,13H,2-4,11-12H2,1H3,(H,24,27)(H,25,28). The van der Waals surface area contributed by atoms with Crippen LogP contribution in [0.15, 0.2) is 42.5 Å². The molecule has 0 aromatic heterocycles. The molecule has 0 radical (unpaired) electrons. The van der Waals surface area contributed by atoms with Crippen molar-refractivity contribution < 1.29 is 14.0 Å². The van der Waals surface area contributed by atoms with Crippen LogP contribution in [0, 0.1) is 5.82 Å². The summed E-state index contributed by atoms with van der Waals surface area (Å²) >= 11 is 11.9. The van der Waals surface area contributed by atoms with Crippen molar-refractivity contribution >= 4 is 46.5 Å². The Kier molecular flexibility index (Phi) is 8.54. The SMILES string of the molecule is CCCC(=O)NCCCN(C(=O)Nc1ccc(Cl)c(Cl)c1)c1ccc(F)cc1. The van der Waals surface area contributed by atoms with Crippen LogP contribution in [0.2, 0.25) is 10.0 Å². The fourth-order valence-corrected chi connectivity index (χ4v) is 2.81. The lowest BCUT2D eigenvalue weighted by Crippen LogP contribution is -2.37. The lowest BCUT2D eigenvalue weighted by Gasteiger charge is -2.23. The van der Waals surface area contributed by atoms with Gasteiger partial charge < -0.3 is 10.6 Å². The van der Waals surface area contributed by atoms with Gasteiger partial charge in [0.05, 0.1) is 10.0 Å². The molecule has 0 aliphatic carbocycles. The van der Waals surface area contributed by atoms with Crippen molar-refractivity contribution in [1.82, 2.24) is 5.32 Å². The number of hydrogen-bond acceptors (Lipinski definition) is 2. The summed E-state index contributed by atoms with van der Waals surface area (Å²) in [6.07, 6.45) is 1.79. The van der Waals surface area contributed by atoms with Crippen LogP contribution in [0.5, 0.6) is 0 Å². The van der Waals surface area contributed by atoms with E-state index in [-0.39, 0.29) is 11.7 Å². The summed E-state index contributed by atoms with van der Waals surface area (Å²) in [7, 11) is 0. The first-order valence-electron chi connectivity index (χ1n) is 8.96. The van der Waals surface area contributed by atoms with Gasteiger partial charge in [-0.25, -0.2) is 9.18 Å². The van der Waals surface area contributed by atoms with E-state index in [9.17, 15) is 14.0 Å². The van der Waals surface area contributed by atoms with Crippen molar-refractivity contribution in [2.24, 2.45) is 0 Å². The van der Waals surface area contributed by atoms with E-state index in [1.165, 1.54) is 29.2 Å². The molecule has 2 aromatic carbocycles. The molecule has 8 heteroatoms. The molecule has 5 nitrogen and oxygen atoms in total. The minimum Gasteiger partial charge on any atom is -0.356 e. The molecule has 3 amide bonds. The minimum atomic E-state index is -0.398. The van der Waals surface area contributed by atoms with Crippen molar-refractivity contribution in [3.63, 3.8) is 0 Å². The Morgan fingerprint density at radius 1 is 1.07 bits per heavy atom. The van der Waals surface area contributed by atoms with Gasteiger partial charge in [0.15, 0.2) is 0 Å². The van der Waals surface area contributed by atoms with E-state index >= 15 is 0 Å². The Balaban J connectivity index is 2.06. The number of anilines is 2. The van der Waals surface area contributed by atoms with Gasteiger partial charge in [-0.3, -0.25) is 9.69 Å². The van der Waals surface area contributed by atoms with E-state index in [2.05, 4.69) is 10.6 Å². The summed E-state index contributed by atoms with van der Waals surface area (Å²) < 4.78 is 13.3. The third-order valence-electron chi connectivity index (χ3n) is 3.91. The normalized spacial score (nSPS) is 10.4. The summed E-state index contributed by atoms with van der Waals surface area (Å²) in [4.78, 5) is 25.8. The van der Waals surface area contributed by atoms with E-state index in [0.29, 0.717) is 47.4 Å². The van der Waals surface area contributed by atoms with Gasteiger partial charge in [-0.1, -0.05) is 30.1 Å². The number of urea groups is 1. The van der Waals surface area contributed by atoms with Crippen LogP contribution in [0.1, 0.15) is 26.2 Å². The second-order valence-electron chi connectivity index (χ2n) is 6.14. The smallest absolute Gasteiger partial charge is 0.326 e. The summed E-state index contributed by atoms with van der Waals surface area (Å²) in [6, 6.07) is 10.0. The van der Waals surface area contributed by atoms with Crippen LogP contribution in [-0.2, 0) is 4.79 Å². The van der Waals surface area contributed by atoms with Crippen molar-refractivity contribution in [2.75, 3.05) is 23.3 Å². The van der Waals surface area contributed by atoms with Crippen molar-refractivity contribution in [3.05, 3.63) is 58.3 Å². The molecule has 0 saturated heterocycles. The third-order valence-corrected chi connectivity index (χ3v) is 4.65. The topological polar surface area (TPSA) is 61.4 Å². The maximum Gasteiger partial charge on any atom is 0.326 e. The number of benzene rings is 2. The maximum absolute atomic E-state index is 13.3. The molecule has 2 aromatic rings. The molecular formula is C20H22Cl2FN3O2. The van der Waals surface area contributed by atoms with E-state index in [4.69, 9.17) is 23.2 Å². The zero-order chi connectivity index (χ0) is 20.5.